The maximum atomic E-state index is 12.4. The van der Waals surface area contributed by atoms with Gasteiger partial charge in [0, 0.05) is 18.6 Å². The first-order valence-corrected chi connectivity index (χ1v) is 8.46. The Morgan fingerprint density at radius 3 is 2.77 bits per heavy atom. The van der Waals surface area contributed by atoms with Crippen LogP contribution in [0.3, 0.4) is 0 Å². The van der Waals surface area contributed by atoms with Gasteiger partial charge in [-0.15, -0.1) is 0 Å². The molecule has 1 aliphatic carbocycles. The van der Waals surface area contributed by atoms with E-state index in [0.717, 1.165) is 43.4 Å². The molecule has 22 heavy (non-hydrogen) atoms. The predicted molar refractivity (Wildman–Crippen MR) is 82.7 cm³/mol. The molecule has 1 amide bonds. The molecule has 1 saturated carbocycles. The largest absolute Gasteiger partial charge is 0.487 e. The zero-order valence-electron chi connectivity index (χ0n) is 12.8. The van der Waals surface area contributed by atoms with Crippen LogP contribution in [0.1, 0.15) is 56.6 Å². The van der Waals surface area contributed by atoms with Crippen LogP contribution in [0.2, 0.25) is 0 Å². The van der Waals surface area contributed by atoms with Gasteiger partial charge in [-0.1, -0.05) is 18.2 Å². The van der Waals surface area contributed by atoms with Crippen molar-refractivity contribution in [3.8, 4) is 5.75 Å². The van der Waals surface area contributed by atoms with Crippen LogP contribution in [0.5, 0.6) is 5.75 Å². The molecule has 0 bridgehead atoms. The molecular formula is C18H23NO3. The molecule has 0 unspecified atom stereocenters. The molecule has 1 aromatic carbocycles. The summed E-state index contributed by atoms with van der Waals surface area (Å²) < 4.78 is 11.9. The SMILES string of the molecule is O=C(N[C@H]1CC2(CCCC2)Oc2ccccc21)[C@H]1CCCO1. The van der Waals surface area contributed by atoms with Crippen molar-refractivity contribution >= 4 is 5.91 Å². The molecule has 1 N–H and O–H groups in total. The minimum absolute atomic E-state index is 0.0346. The molecular weight excluding hydrogens is 278 g/mol. The summed E-state index contributed by atoms with van der Waals surface area (Å²) in [6.07, 6.45) is 7.04. The van der Waals surface area contributed by atoms with Gasteiger partial charge in [-0.05, 0) is 44.6 Å². The van der Waals surface area contributed by atoms with Gasteiger partial charge in [0.1, 0.15) is 17.5 Å². The van der Waals surface area contributed by atoms with Crippen molar-refractivity contribution in [3.63, 3.8) is 0 Å². The molecule has 2 atom stereocenters. The van der Waals surface area contributed by atoms with Crippen LogP contribution in [0, 0.1) is 0 Å². The topological polar surface area (TPSA) is 47.6 Å². The molecule has 118 valence electrons. The van der Waals surface area contributed by atoms with E-state index in [2.05, 4.69) is 11.4 Å². The Labute approximate surface area is 131 Å². The molecule has 4 nitrogen and oxygen atoms in total. The lowest BCUT2D eigenvalue weighted by atomic mass is 9.86. The van der Waals surface area contributed by atoms with Gasteiger partial charge in [-0.2, -0.15) is 0 Å². The Bertz CT molecular complexity index is 559. The smallest absolute Gasteiger partial charge is 0.249 e. The number of ether oxygens (including phenoxy) is 2. The Morgan fingerprint density at radius 1 is 1.18 bits per heavy atom. The van der Waals surface area contributed by atoms with Crippen LogP contribution in [0.25, 0.3) is 0 Å². The number of carbonyl (C=O) groups excluding carboxylic acids is 1. The van der Waals surface area contributed by atoms with E-state index in [1.54, 1.807) is 0 Å². The van der Waals surface area contributed by atoms with Crippen molar-refractivity contribution in [3.05, 3.63) is 29.8 Å². The fourth-order valence-corrected chi connectivity index (χ4v) is 4.12. The number of hydrogen-bond acceptors (Lipinski definition) is 3. The Hall–Kier alpha value is -1.55. The van der Waals surface area contributed by atoms with Crippen LogP contribution < -0.4 is 10.1 Å². The maximum absolute atomic E-state index is 12.4. The van der Waals surface area contributed by atoms with Crippen LogP contribution in [0.4, 0.5) is 0 Å². The lowest BCUT2D eigenvalue weighted by Gasteiger charge is -2.40. The fraction of sp³-hybridized carbons (Fsp3) is 0.611. The summed E-state index contributed by atoms with van der Waals surface area (Å²) in [6.45, 7) is 0.701. The molecule has 1 aromatic rings. The highest BCUT2D eigenvalue weighted by atomic mass is 16.5. The summed E-state index contributed by atoms with van der Waals surface area (Å²) >= 11 is 0. The molecule has 4 heteroatoms. The quantitative estimate of drug-likeness (QED) is 0.913. The Morgan fingerprint density at radius 2 is 2.00 bits per heavy atom. The summed E-state index contributed by atoms with van der Waals surface area (Å²) in [4.78, 5) is 12.4. The van der Waals surface area contributed by atoms with E-state index in [0.29, 0.717) is 6.61 Å². The molecule has 0 radical (unpaired) electrons. The summed E-state index contributed by atoms with van der Waals surface area (Å²) in [5, 5.41) is 3.22. The minimum Gasteiger partial charge on any atom is -0.487 e. The second-order valence-electron chi connectivity index (χ2n) is 6.80. The molecule has 3 aliphatic rings. The molecule has 0 aromatic heterocycles. The van der Waals surface area contributed by atoms with Crippen LogP contribution in [-0.4, -0.2) is 24.2 Å². The number of carbonyl (C=O) groups is 1. The van der Waals surface area contributed by atoms with E-state index in [1.807, 2.05) is 18.2 Å². The number of amides is 1. The van der Waals surface area contributed by atoms with Gasteiger partial charge >= 0.3 is 0 Å². The third-order valence-electron chi connectivity index (χ3n) is 5.25. The highest BCUT2D eigenvalue weighted by molar-refractivity contribution is 5.81. The van der Waals surface area contributed by atoms with Crippen molar-refractivity contribution in [2.45, 2.75) is 62.7 Å². The van der Waals surface area contributed by atoms with E-state index in [4.69, 9.17) is 9.47 Å². The van der Waals surface area contributed by atoms with Crippen LogP contribution in [0.15, 0.2) is 24.3 Å². The molecule has 1 spiro atoms. The minimum atomic E-state index is -0.269. The number of nitrogens with one attached hydrogen (secondary N) is 1. The maximum Gasteiger partial charge on any atom is 0.249 e. The van der Waals surface area contributed by atoms with E-state index in [1.165, 1.54) is 12.8 Å². The number of fused-ring (bicyclic) bond motifs is 1. The molecule has 2 heterocycles. The lowest BCUT2D eigenvalue weighted by molar-refractivity contribution is -0.131. The lowest BCUT2D eigenvalue weighted by Crippen LogP contribution is -2.45. The average Bonchev–Trinajstić information content (AvgIpc) is 3.19. The van der Waals surface area contributed by atoms with Gasteiger partial charge in [0.25, 0.3) is 0 Å². The van der Waals surface area contributed by atoms with Crippen molar-refractivity contribution in [1.29, 1.82) is 0 Å². The van der Waals surface area contributed by atoms with Crippen molar-refractivity contribution in [2.75, 3.05) is 6.61 Å². The van der Waals surface area contributed by atoms with Gasteiger partial charge in [-0.25, -0.2) is 0 Å². The summed E-state index contributed by atoms with van der Waals surface area (Å²) in [7, 11) is 0. The molecule has 2 fully saturated rings. The number of rotatable bonds is 2. The van der Waals surface area contributed by atoms with E-state index in [-0.39, 0.29) is 23.7 Å². The predicted octanol–water partition coefficient (Wildman–Crippen LogP) is 3.12. The van der Waals surface area contributed by atoms with E-state index in [9.17, 15) is 4.79 Å². The first-order valence-electron chi connectivity index (χ1n) is 8.46. The average molecular weight is 301 g/mol. The third kappa shape index (κ3) is 2.50. The monoisotopic (exact) mass is 301 g/mol. The van der Waals surface area contributed by atoms with Gasteiger partial charge < -0.3 is 14.8 Å². The standard InChI is InChI=1S/C18H23NO3/c20-17(16-8-5-11-21-16)19-14-12-18(9-3-4-10-18)22-15-7-2-1-6-13(14)15/h1-2,6-7,14,16H,3-5,8-12H2,(H,19,20)/t14-,16+/m0/s1. The summed E-state index contributed by atoms with van der Waals surface area (Å²) in [5.41, 5.74) is 1.02. The highest BCUT2D eigenvalue weighted by Gasteiger charge is 2.43. The van der Waals surface area contributed by atoms with E-state index >= 15 is 0 Å². The normalized spacial score (nSPS) is 29.1. The Kier molecular flexibility index (Phi) is 3.57. The third-order valence-corrected chi connectivity index (χ3v) is 5.25. The molecule has 2 aliphatic heterocycles. The second kappa shape index (κ2) is 5.58. The summed E-state index contributed by atoms with van der Waals surface area (Å²) in [6, 6.07) is 8.16. The zero-order valence-corrected chi connectivity index (χ0v) is 12.8. The van der Waals surface area contributed by atoms with Crippen molar-refractivity contribution in [1.82, 2.24) is 5.32 Å². The number of para-hydroxylation sites is 1. The Balaban J connectivity index is 1.58. The first-order chi connectivity index (χ1) is 10.8. The summed E-state index contributed by atoms with van der Waals surface area (Å²) in [5.74, 6) is 0.973. The molecule has 4 rings (SSSR count). The first kappa shape index (κ1) is 14.1. The number of hydrogen-bond donors (Lipinski definition) is 1. The van der Waals surface area contributed by atoms with Crippen LogP contribution in [-0.2, 0) is 9.53 Å². The van der Waals surface area contributed by atoms with Gasteiger partial charge in [-0.3, -0.25) is 4.79 Å². The fourth-order valence-electron chi connectivity index (χ4n) is 4.12. The van der Waals surface area contributed by atoms with Gasteiger partial charge in [0.2, 0.25) is 5.91 Å². The van der Waals surface area contributed by atoms with E-state index < -0.39 is 0 Å². The van der Waals surface area contributed by atoms with Gasteiger partial charge in [0.05, 0.1) is 6.04 Å². The van der Waals surface area contributed by atoms with Gasteiger partial charge in [0.15, 0.2) is 0 Å². The van der Waals surface area contributed by atoms with Crippen LogP contribution >= 0.6 is 0 Å². The highest BCUT2D eigenvalue weighted by Crippen LogP contribution is 2.47. The zero-order chi connectivity index (χ0) is 15.0. The number of benzene rings is 1. The molecule has 1 saturated heterocycles. The van der Waals surface area contributed by atoms with Crippen molar-refractivity contribution < 1.29 is 14.3 Å². The second-order valence-corrected chi connectivity index (χ2v) is 6.80. The van der Waals surface area contributed by atoms with Crippen molar-refractivity contribution in [2.24, 2.45) is 0 Å².